The number of carbonyl (C=O) groups excluding carboxylic acids is 1. The van der Waals surface area contributed by atoms with E-state index in [0.29, 0.717) is 18.6 Å². The first-order valence-corrected chi connectivity index (χ1v) is 12.1. The summed E-state index contributed by atoms with van der Waals surface area (Å²) in [6.07, 6.45) is 9.11. The average Bonchev–Trinajstić information content (AvgIpc) is 3.60. The summed E-state index contributed by atoms with van der Waals surface area (Å²) in [7, 11) is 0. The summed E-state index contributed by atoms with van der Waals surface area (Å²) < 4.78 is 19.1. The van der Waals surface area contributed by atoms with Crippen LogP contribution >= 0.6 is 0 Å². The zero-order valence-corrected chi connectivity index (χ0v) is 19.8. The number of benzene rings is 1. The van der Waals surface area contributed by atoms with Gasteiger partial charge >= 0.3 is 0 Å². The average molecular weight is 455 g/mol. The highest BCUT2D eigenvalue weighted by Crippen LogP contribution is 2.37. The van der Waals surface area contributed by atoms with Crippen molar-refractivity contribution in [1.82, 2.24) is 5.32 Å². The van der Waals surface area contributed by atoms with E-state index in [1.807, 2.05) is 26.8 Å². The Balaban J connectivity index is 1.46. The van der Waals surface area contributed by atoms with Gasteiger partial charge in [0.05, 0.1) is 28.7 Å². The smallest absolute Gasteiger partial charge is 0.155 e. The molecule has 2 aliphatic carbocycles. The second-order valence-electron chi connectivity index (χ2n) is 10.4. The molecule has 5 nitrogen and oxygen atoms in total. The molecule has 0 saturated heterocycles. The van der Waals surface area contributed by atoms with Gasteiger partial charge in [0, 0.05) is 11.8 Å². The Labute approximate surface area is 195 Å². The van der Waals surface area contributed by atoms with Crippen LogP contribution in [0.4, 0.5) is 4.39 Å². The highest BCUT2D eigenvalue weighted by molar-refractivity contribution is 6.06. The number of Topliss-reactive ketones (excluding diaryl/α,β-unsaturated/α-hetero) is 1. The largest absolute Gasteiger partial charge is 0.375 e. The van der Waals surface area contributed by atoms with Crippen LogP contribution in [0.5, 0.6) is 0 Å². The fourth-order valence-corrected chi connectivity index (χ4v) is 4.49. The van der Waals surface area contributed by atoms with Crippen molar-refractivity contribution < 1.29 is 19.0 Å². The second kappa shape index (κ2) is 9.90. The topological polar surface area (TPSA) is 70.9 Å². The molecular formula is C27H35FN2O3. The van der Waals surface area contributed by atoms with Gasteiger partial charge in [0.2, 0.25) is 0 Å². The Bertz CT molecular complexity index is 955. The van der Waals surface area contributed by atoms with Gasteiger partial charge in [0.15, 0.2) is 6.29 Å². The van der Waals surface area contributed by atoms with E-state index in [1.165, 1.54) is 12.1 Å². The van der Waals surface area contributed by atoms with E-state index in [1.54, 1.807) is 12.1 Å². The van der Waals surface area contributed by atoms with Crippen LogP contribution in [-0.2, 0) is 9.53 Å². The minimum atomic E-state index is -0.778. The summed E-state index contributed by atoms with van der Waals surface area (Å²) in [4.78, 5) is 17.5. The summed E-state index contributed by atoms with van der Waals surface area (Å²) in [5.41, 5.74) is 3.18. The highest BCUT2D eigenvalue weighted by Gasteiger charge is 2.36. The maximum atomic E-state index is 13.5. The highest BCUT2D eigenvalue weighted by atomic mass is 19.1. The molecule has 178 valence electrons. The number of aliphatic hydroxyl groups is 1. The third-order valence-corrected chi connectivity index (χ3v) is 6.28. The Morgan fingerprint density at radius 1 is 1.24 bits per heavy atom. The van der Waals surface area contributed by atoms with Crippen LogP contribution in [-0.4, -0.2) is 34.5 Å². The second-order valence-corrected chi connectivity index (χ2v) is 10.4. The lowest BCUT2D eigenvalue weighted by atomic mass is 9.88. The normalized spacial score (nSPS) is 23.6. The quantitative estimate of drug-likeness (QED) is 0.405. The van der Waals surface area contributed by atoms with E-state index in [-0.39, 0.29) is 29.3 Å². The van der Waals surface area contributed by atoms with Gasteiger partial charge in [-0.05, 0) is 83.1 Å². The molecule has 0 aromatic heterocycles. The number of fused-ring (bicyclic) bond motifs is 1. The number of carbonyl (C=O) groups is 1. The number of hydrogen-bond donors (Lipinski definition) is 2. The monoisotopic (exact) mass is 454 g/mol. The third kappa shape index (κ3) is 6.39. The number of unbranched alkanes of at least 4 members (excludes halogenated alkanes) is 1. The SMILES string of the molecule is CC(C)(C)O[C@H](O)CCCCC1NC2=CC(C(=O)C3CC3)CC=C2N=C1c1ccc(F)cc1. The van der Waals surface area contributed by atoms with Crippen LogP contribution in [0.2, 0.25) is 0 Å². The van der Waals surface area contributed by atoms with Crippen molar-refractivity contribution in [3.8, 4) is 0 Å². The third-order valence-electron chi connectivity index (χ3n) is 6.28. The van der Waals surface area contributed by atoms with Crippen molar-refractivity contribution in [2.45, 2.75) is 83.6 Å². The molecule has 1 aliphatic heterocycles. The lowest BCUT2D eigenvalue weighted by Crippen LogP contribution is -2.41. The number of aliphatic hydroxyl groups excluding tert-OH is 1. The van der Waals surface area contributed by atoms with E-state index in [4.69, 9.17) is 9.73 Å². The van der Waals surface area contributed by atoms with Gasteiger partial charge in [-0.1, -0.05) is 24.6 Å². The zero-order chi connectivity index (χ0) is 23.6. The number of halogens is 1. The molecule has 6 heteroatoms. The number of ketones is 1. The molecule has 1 aromatic carbocycles. The summed E-state index contributed by atoms with van der Waals surface area (Å²) in [5.74, 6) is 0.238. The first-order chi connectivity index (χ1) is 15.7. The van der Waals surface area contributed by atoms with Gasteiger partial charge in [-0.25, -0.2) is 9.38 Å². The molecule has 1 fully saturated rings. The maximum absolute atomic E-state index is 13.5. The minimum absolute atomic E-state index is 0.0469. The predicted molar refractivity (Wildman–Crippen MR) is 127 cm³/mol. The molecule has 4 rings (SSSR count). The van der Waals surface area contributed by atoms with E-state index in [2.05, 4.69) is 11.4 Å². The van der Waals surface area contributed by atoms with Crippen LogP contribution in [0.15, 0.2) is 52.8 Å². The van der Waals surface area contributed by atoms with Crippen molar-refractivity contribution in [2.75, 3.05) is 0 Å². The van der Waals surface area contributed by atoms with Gasteiger partial charge in [0.1, 0.15) is 11.6 Å². The Morgan fingerprint density at radius 2 is 1.97 bits per heavy atom. The minimum Gasteiger partial charge on any atom is -0.375 e. The summed E-state index contributed by atoms with van der Waals surface area (Å²) >= 11 is 0. The number of ether oxygens (including phenoxy) is 1. The van der Waals surface area contributed by atoms with Gasteiger partial charge in [-0.3, -0.25) is 4.79 Å². The number of allylic oxidation sites excluding steroid dienone is 2. The molecule has 1 saturated carbocycles. The molecule has 2 N–H and O–H groups in total. The molecule has 33 heavy (non-hydrogen) atoms. The summed E-state index contributed by atoms with van der Waals surface area (Å²) in [6.45, 7) is 5.79. The van der Waals surface area contributed by atoms with E-state index in [9.17, 15) is 14.3 Å². The molecular weight excluding hydrogens is 419 g/mol. The molecule has 1 aromatic rings. The van der Waals surface area contributed by atoms with Crippen LogP contribution < -0.4 is 5.32 Å². The van der Waals surface area contributed by atoms with Crippen molar-refractivity contribution in [2.24, 2.45) is 16.8 Å². The van der Waals surface area contributed by atoms with Crippen molar-refractivity contribution in [3.05, 3.63) is 59.2 Å². The van der Waals surface area contributed by atoms with Gasteiger partial charge in [0.25, 0.3) is 0 Å². The standard InChI is InChI=1S/C27H35FN2O3/c1-27(2,3)33-24(31)7-5-4-6-22-25(17-10-13-20(28)14-11-17)30-21-15-12-19(16-23(21)29-22)26(32)18-8-9-18/h10-11,13-16,18-19,22,24,29,31H,4-9,12H2,1-3H3/t19?,22?,24-/m0/s1. The van der Waals surface area contributed by atoms with E-state index < -0.39 is 6.29 Å². The summed E-state index contributed by atoms with van der Waals surface area (Å²) in [5, 5.41) is 13.7. The van der Waals surface area contributed by atoms with Crippen molar-refractivity contribution >= 4 is 11.5 Å². The van der Waals surface area contributed by atoms with E-state index >= 15 is 0 Å². The zero-order valence-electron chi connectivity index (χ0n) is 19.8. The van der Waals surface area contributed by atoms with E-state index in [0.717, 1.165) is 54.8 Å². The molecule has 0 radical (unpaired) electrons. The maximum Gasteiger partial charge on any atom is 0.155 e. The molecule has 3 aliphatic rings. The first-order valence-electron chi connectivity index (χ1n) is 12.1. The molecule has 1 heterocycles. The lowest BCUT2D eigenvalue weighted by Gasteiger charge is -2.32. The number of aliphatic imine (C=N–C) groups is 1. The Hall–Kier alpha value is -2.31. The fourth-order valence-electron chi connectivity index (χ4n) is 4.49. The number of nitrogens with one attached hydrogen (secondary N) is 1. The molecule has 2 unspecified atom stereocenters. The summed E-state index contributed by atoms with van der Waals surface area (Å²) in [6, 6.07) is 6.40. The van der Waals surface area contributed by atoms with Crippen LogP contribution in [0.25, 0.3) is 0 Å². The van der Waals surface area contributed by atoms with Crippen LogP contribution in [0, 0.1) is 17.7 Å². The molecule has 0 spiro atoms. The van der Waals surface area contributed by atoms with Gasteiger partial charge in [-0.2, -0.15) is 0 Å². The predicted octanol–water partition coefficient (Wildman–Crippen LogP) is 5.05. The van der Waals surface area contributed by atoms with Crippen molar-refractivity contribution in [1.29, 1.82) is 0 Å². The molecule has 0 bridgehead atoms. The first kappa shape index (κ1) is 23.8. The number of nitrogens with zero attached hydrogens (tertiary/aromatic N) is 1. The molecule has 0 amide bonds. The van der Waals surface area contributed by atoms with Crippen LogP contribution in [0.3, 0.4) is 0 Å². The van der Waals surface area contributed by atoms with Crippen molar-refractivity contribution in [3.63, 3.8) is 0 Å². The van der Waals surface area contributed by atoms with Gasteiger partial charge in [-0.15, -0.1) is 0 Å². The Morgan fingerprint density at radius 3 is 2.64 bits per heavy atom. The molecule has 3 atom stereocenters. The fraction of sp³-hybridized carbons (Fsp3) is 0.556. The van der Waals surface area contributed by atoms with Gasteiger partial charge < -0.3 is 15.2 Å². The number of hydrogen-bond acceptors (Lipinski definition) is 5. The lowest BCUT2D eigenvalue weighted by molar-refractivity contribution is -0.168. The number of rotatable bonds is 9. The van der Waals surface area contributed by atoms with Crippen LogP contribution in [0.1, 0.15) is 71.3 Å². The Kier molecular flexibility index (Phi) is 7.15.